The summed E-state index contributed by atoms with van der Waals surface area (Å²) < 4.78 is 10.8. The van der Waals surface area contributed by atoms with Gasteiger partial charge in [0.05, 0.1) is 13.2 Å². The van der Waals surface area contributed by atoms with Crippen molar-refractivity contribution in [3.63, 3.8) is 0 Å². The van der Waals surface area contributed by atoms with Crippen LogP contribution in [-0.2, 0) is 4.74 Å². The maximum absolute atomic E-state index is 11.0. The topological polar surface area (TPSA) is 68.7 Å². The van der Waals surface area contributed by atoms with E-state index in [1.54, 1.807) is 0 Å². The van der Waals surface area contributed by atoms with Crippen molar-refractivity contribution in [2.45, 2.75) is 18.9 Å². The van der Waals surface area contributed by atoms with Gasteiger partial charge in [0.15, 0.2) is 0 Å². The quantitative estimate of drug-likeness (QED) is 0.839. The second-order valence-corrected chi connectivity index (χ2v) is 4.11. The molecule has 2 heterocycles. The molecule has 0 aliphatic carbocycles. The van der Waals surface area contributed by atoms with Gasteiger partial charge in [-0.15, -0.1) is 0 Å². The van der Waals surface area contributed by atoms with E-state index in [1.807, 2.05) is 0 Å². The van der Waals surface area contributed by atoms with Gasteiger partial charge in [-0.3, -0.25) is 0 Å². The fourth-order valence-corrected chi connectivity index (χ4v) is 1.76. The van der Waals surface area contributed by atoms with E-state index in [2.05, 4.69) is 4.98 Å². The molecule has 5 nitrogen and oxygen atoms in total. The zero-order valence-electron chi connectivity index (χ0n) is 9.06. The van der Waals surface area contributed by atoms with E-state index in [0.29, 0.717) is 13.2 Å². The van der Waals surface area contributed by atoms with Crippen molar-refractivity contribution in [1.29, 1.82) is 0 Å². The van der Waals surface area contributed by atoms with Crippen LogP contribution in [-0.4, -0.2) is 35.4 Å². The van der Waals surface area contributed by atoms with Crippen LogP contribution in [0.15, 0.2) is 12.1 Å². The Bertz CT molecular complexity index is 418. The molecular formula is C11H12ClNO4. The van der Waals surface area contributed by atoms with Gasteiger partial charge < -0.3 is 14.6 Å². The predicted octanol–water partition coefficient (Wildman–Crippen LogP) is 1.99. The Kier molecular flexibility index (Phi) is 3.81. The highest BCUT2D eigenvalue weighted by atomic mass is 35.5. The Balaban J connectivity index is 2.17. The summed E-state index contributed by atoms with van der Waals surface area (Å²) in [6, 6.07) is 2.83. The van der Waals surface area contributed by atoms with Gasteiger partial charge in [0.2, 0.25) is 5.88 Å². The lowest BCUT2D eigenvalue weighted by Crippen LogP contribution is -2.27. The van der Waals surface area contributed by atoms with Crippen LogP contribution in [0.25, 0.3) is 0 Å². The second-order valence-electron chi connectivity index (χ2n) is 3.72. The number of carboxylic acid groups (broad SMARTS) is 1. The van der Waals surface area contributed by atoms with Crippen LogP contribution in [0.1, 0.15) is 23.2 Å². The summed E-state index contributed by atoms with van der Waals surface area (Å²) in [4.78, 5) is 14.9. The third-order valence-electron chi connectivity index (χ3n) is 2.50. The largest absolute Gasteiger partial charge is 0.477 e. The monoisotopic (exact) mass is 257 g/mol. The number of aromatic carboxylic acids is 1. The molecule has 1 aromatic rings. The number of hydrogen-bond donors (Lipinski definition) is 1. The number of aromatic nitrogens is 1. The van der Waals surface area contributed by atoms with Crippen LogP contribution < -0.4 is 4.74 Å². The van der Waals surface area contributed by atoms with Crippen LogP contribution in [0.3, 0.4) is 0 Å². The summed E-state index contributed by atoms with van der Waals surface area (Å²) in [6.07, 6.45) is 1.40. The van der Waals surface area contributed by atoms with Gasteiger partial charge in [0.25, 0.3) is 0 Å². The zero-order valence-corrected chi connectivity index (χ0v) is 9.81. The molecule has 2 rings (SSSR count). The second kappa shape index (κ2) is 5.33. The number of nitrogens with zero attached hydrogens (tertiary/aromatic N) is 1. The fraction of sp³-hybridized carbons (Fsp3) is 0.455. The summed E-state index contributed by atoms with van der Waals surface area (Å²) in [5.41, 5.74) is 0.0286. The average molecular weight is 258 g/mol. The first-order valence-electron chi connectivity index (χ1n) is 5.31. The molecule has 1 fully saturated rings. The third-order valence-corrected chi connectivity index (χ3v) is 2.71. The van der Waals surface area contributed by atoms with Crippen LogP contribution in [0.2, 0.25) is 5.15 Å². The molecule has 0 aromatic carbocycles. The van der Waals surface area contributed by atoms with Crippen molar-refractivity contribution in [3.05, 3.63) is 22.8 Å². The molecule has 17 heavy (non-hydrogen) atoms. The Morgan fingerprint density at radius 1 is 1.47 bits per heavy atom. The number of pyridine rings is 1. The van der Waals surface area contributed by atoms with Crippen LogP contribution in [0.4, 0.5) is 0 Å². The lowest BCUT2D eigenvalue weighted by molar-refractivity contribution is 0.0230. The van der Waals surface area contributed by atoms with E-state index in [4.69, 9.17) is 26.2 Å². The van der Waals surface area contributed by atoms with E-state index in [-0.39, 0.29) is 22.7 Å². The molecule has 1 aliphatic rings. The normalized spacial score (nSPS) is 16.8. The van der Waals surface area contributed by atoms with Crippen molar-refractivity contribution in [2.24, 2.45) is 0 Å². The standard InChI is InChI=1S/C11H12ClNO4/c12-9-2-1-8(11(14)15)10(13-9)17-7-3-5-16-6-4-7/h1-2,7H,3-6H2,(H,14,15). The molecule has 0 radical (unpaired) electrons. The highest BCUT2D eigenvalue weighted by Crippen LogP contribution is 2.22. The van der Waals surface area contributed by atoms with Crippen molar-refractivity contribution in [3.8, 4) is 5.88 Å². The van der Waals surface area contributed by atoms with Gasteiger partial charge in [0.1, 0.15) is 16.8 Å². The summed E-state index contributed by atoms with van der Waals surface area (Å²) in [5.74, 6) is -0.992. The maximum atomic E-state index is 11.0. The first-order chi connectivity index (χ1) is 8.16. The van der Waals surface area contributed by atoms with Crippen molar-refractivity contribution in [2.75, 3.05) is 13.2 Å². The van der Waals surface area contributed by atoms with Gasteiger partial charge in [0, 0.05) is 12.8 Å². The number of hydrogen-bond acceptors (Lipinski definition) is 4. The third kappa shape index (κ3) is 3.08. The van der Waals surface area contributed by atoms with Gasteiger partial charge in [-0.2, -0.15) is 0 Å². The zero-order chi connectivity index (χ0) is 12.3. The van der Waals surface area contributed by atoms with Gasteiger partial charge in [-0.05, 0) is 12.1 Å². The van der Waals surface area contributed by atoms with Gasteiger partial charge in [-0.25, -0.2) is 9.78 Å². The Morgan fingerprint density at radius 3 is 2.82 bits per heavy atom. The molecule has 0 amide bonds. The molecule has 0 spiro atoms. The minimum absolute atomic E-state index is 0.0286. The van der Waals surface area contributed by atoms with E-state index >= 15 is 0 Å². The summed E-state index contributed by atoms with van der Waals surface area (Å²) >= 11 is 5.73. The first kappa shape index (κ1) is 12.1. The fourth-order valence-electron chi connectivity index (χ4n) is 1.62. The van der Waals surface area contributed by atoms with Crippen LogP contribution >= 0.6 is 11.6 Å². The summed E-state index contributed by atoms with van der Waals surface area (Å²) in [5, 5.41) is 9.22. The molecule has 6 heteroatoms. The highest BCUT2D eigenvalue weighted by Gasteiger charge is 2.20. The number of halogens is 1. The number of carboxylic acids is 1. The molecule has 0 atom stereocenters. The number of rotatable bonds is 3. The lowest BCUT2D eigenvalue weighted by atomic mass is 10.1. The summed E-state index contributed by atoms with van der Waals surface area (Å²) in [7, 11) is 0. The predicted molar refractivity (Wildman–Crippen MR) is 60.7 cm³/mol. The Morgan fingerprint density at radius 2 is 2.18 bits per heavy atom. The average Bonchev–Trinajstić information content (AvgIpc) is 2.30. The van der Waals surface area contributed by atoms with Crippen molar-refractivity contribution in [1.82, 2.24) is 4.98 Å². The first-order valence-corrected chi connectivity index (χ1v) is 5.69. The SMILES string of the molecule is O=C(O)c1ccc(Cl)nc1OC1CCOCC1. The molecule has 0 saturated carbocycles. The highest BCUT2D eigenvalue weighted by molar-refractivity contribution is 6.29. The van der Waals surface area contributed by atoms with Crippen molar-refractivity contribution >= 4 is 17.6 Å². The Labute approximate surface area is 103 Å². The Hall–Kier alpha value is -1.33. The molecule has 1 saturated heterocycles. The number of carbonyl (C=O) groups is 1. The minimum atomic E-state index is -1.07. The molecular weight excluding hydrogens is 246 g/mol. The van der Waals surface area contributed by atoms with E-state index < -0.39 is 5.97 Å². The number of ether oxygens (including phenoxy) is 2. The van der Waals surface area contributed by atoms with Crippen molar-refractivity contribution < 1.29 is 19.4 Å². The molecule has 1 aromatic heterocycles. The van der Waals surface area contributed by atoms with Gasteiger partial charge in [-0.1, -0.05) is 11.6 Å². The van der Waals surface area contributed by atoms with Crippen LogP contribution in [0.5, 0.6) is 5.88 Å². The molecule has 0 bridgehead atoms. The smallest absolute Gasteiger partial charge is 0.341 e. The molecule has 92 valence electrons. The minimum Gasteiger partial charge on any atom is -0.477 e. The summed E-state index contributed by atoms with van der Waals surface area (Å²) in [6.45, 7) is 1.24. The van der Waals surface area contributed by atoms with E-state index in [9.17, 15) is 4.79 Å². The maximum Gasteiger partial charge on any atom is 0.341 e. The van der Waals surface area contributed by atoms with Gasteiger partial charge >= 0.3 is 5.97 Å². The lowest BCUT2D eigenvalue weighted by Gasteiger charge is -2.23. The van der Waals surface area contributed by atoms with Crippen LogP contribution in [0, 0.1) is 0 Å². The molecule has 1 N–H and O–H groups in total. The van der Waals surface area contributed by atoms with E-state index in [0.717, 1.165) is 12.8 Å². The molecule has 0 unspecified atom stereocenters. The molecule has 1 aliphatic heterocycles. The van der Waals surface area contributed by atoms with E-state index in [1.165, 1.54) is 12.1 Å².